The molecule has 0 bridgehead atoms. The molecule has 0 aromatic carbocycles. The van der Waals surface area contributed by atoms with Gasteiger partial charge in [0.15, 0.2) is 0 Å². The SMILES string of the molecule is CN1CC(C(=O)O)CN2CCNCC2C1. The van der Waals surface area contributed by atoms with Gasteiger partial charge in [-0.3, -0.25) is 9.69 Å². The number of aliphatic carboxylic acids is 1. The molecule has 5 heteroatoms. The number of carbonyl (C=O) groups is 1. The van der Waals surface area contributed by atoms with Crippen molar-refractivity contribution in [3.05, 3.63) is 0 Å². The van der Waals surface area contributed by atoms with Crippen molar-refractivity contribution in [3.8, 4) is 0 Å². The molecule has 2 rings (SSSR count). The molecule has 0 amide bonds. The Morgan fingerprint density at radius 1 is 1.40 bits per heavy atom. The molecule has 2 N–H and O–H groups in total. The van der Waals surface area contributed by atoms with Crippen LogP contribution in [0.25, 0.3) is 0 Å². The summed E-state index contributed by atoms with van der Waals surface area (Å²) >= 11 is 0. The molecule has 2 aliphatic rings. The number of fused-ring (bicyclic) bond motifs is 1. The largest absolute Gasteiger partial charge is 0.481 e. The van der Waals surface area contributed by atoms with E-state index in [1.165, 1.54) is 0 Å². The van der Waals surface area contributed by atoms with Crippen LogP contribution in [-0.4, -0.2) is 73.2 Å². The highest BCUT2D eigenvalue weighted by atomic mass is 16.4. The number of nitrogens with zero attached hydrogens (tertiary/aromatic N) is 2. The normalized spacial score (nSPS) is 34.5. The van der Waals surface area contributed by atoms with Crippen LogP contribution in [0.15, 0.2) is 0 Å². The van der Waals surface area contributed by atoms with Gasteiger partial charge in [-0.2, -0.15) is 0 Å². The van der Waals surface area contributed by atoms with E-state index >= 15 is 0 Å². The summed E-state index contributed by atoms with van der Waals surface area (Å²) in [6, 6.07) is 0.480. The van der Waals surface area contributed by atoms with Crippen molar-refractivity contribution < 1.29 is 9.90 Å². The highest BCUT2D eigenvalue weighted by Gasteiger charge is 2.32. The first kappa shape index (κ1) is 10.9. The van der Waals surface area contributed by atoms with E-state index in [-0.39, 0.29) is 5.92 Å². The lowest BCUT2D eigenvalue weighted by atomic mass is 10.1. The van der Waals surface area contributed by atoms with Gasteiger partial charge in [-0.25, -0.2) is 0 Å². The minimum atomic E-state index is -0.666. The van der Waals surface area contributed by atoms with Crippen LogP contribution in [0, 0.1) is 5.92 Å². The van der Waals surface area contributed by atoms with Gasteiger partial charge in [0, 0.05) is 45.3 Å². The second-order valence-electron chi connectivity index (χ2n) is 4.61. The molecule has 2 fully saturated rings. The predicted molar refractivity (Wildman–Crippen MR) is 56.9 cm³/mol. The topological polar surface area (TPSA) is 55.8 Å². The zero-order valence-corrected chi connectivity index (χ0v) is 9.15. The molecular weight excluding hydrogens is 194 g/mol. The van der Waals surface area contributed by atoms with Crippen LogP contribution >= 0.6 is 0 Å². The number of rotatable bonds is 1. The van der Waals surface area contributed by atoms with E-state index in [2.05, 4.69) is 15.1 Å². The van der Waals surface area contributed by atoms with E-state index < -0.39 is 5.97 Å². The molecule has 2 saturated heterocycles. The van der Waals surface area contributed by atoms with Crippen LogP contribution in [-0.2, 0) is 4.79 Å². The fourth-order valence-corrected chi connectivity index (χ4v) is 2.53. The van der Waals surface area contributed by atoms with E-state index in [1.807, 2.05) is 7.05 Å². The molecule has 2 atom stereocenters. The van der Waals surface area contributed by atoms with Gasteiger partial charge < -0.3 is 15.3 Å². The Morgan fingerprint density at radius 2 is 2.20 bits per heavy atom. The number of hydrogen-bond donors (Lipinski definition) is 2. The first-order valence-corrected chi connectivity index (χ1v) is 5.53. The van der Waals surface area contributed by atoms with Crippen molar-refractivity contribution >= 4 is 5.97 Å². The maximum absolute atomic E-state index is 11.1. The first-order valence-electron chi connectivity index (χ1n) is 5.53. The third-order valence-corrected chi connectivity index (χ3v) is 3.33. The number of piperazine rings is 1. The fraction of sp³-hybridized carbons (Fsp3) is 0.900. The van der Waals surface area contributed by atoms with E-state index in [9.17, 15) is 4.79 Å². The Morgan fingerprint density at radius 3 is 2.93 bits per heavy atom. The first-order chi connectivity index (χ1) is 7.16. The Bertz CT molecular complexity index is 247. The lowest BCUT2D eigenvalue weighted by Crippen LogP contribution is -2.54. The van der Waals surface area contributed by atoms with Gasteiger partial charge in [0.25, 0.3) is 0 Å². The Labute approximate surface area is 90.0 Å². The molecule has 0 spiro atoms. The van der Waals surface area contributed by atoms with Crippen LogP contribution < -0.4 is 5.32 Å². The number of nitrogens with one attached hydrogen (secondary N) is 1. The molecule has 0 radical (unpaired) electrons. The average Bonchev–Trinajstić information content (AvgIpc) is 2.35. The van der Waals surface area contributed by atoms with Crippen LogP contribution in [0.4, 0.5) is 0 Å². The summed E-state index contributed by atoms with van der Waals surface area (Å²) in [5.74, 6) is -0.904. The maximum atomic E-state index is 11.1. The molecule has 2 unspecified atom stereocenters. The summed E-state index contributed by atoms with van der Waals surface area (Å²) in [6.45, 7) is 5.27. The Hall–Kier alpha value is -0.650. The van der Waals surface area contributed by atoms with Crippen molar-refractivity contribution in [1.82, 2.24) is 15.1 Å². The molecule has 0 saturated carbocycles. The summed E-state index contributed by atoms with van der Waals surface area (Å²) < 4.78 is 0. The zero-order chi connectivity index (χ0) is 10.8. The predicted octanol–water partition coefficient (Wildman–Crippen LogP) is -1.09. The molecule has 5 nitrogen and oxygen atoms in total. The molecule has 0 aromatic rings. The summed E-state index contributed by atoms with van der Waals surface area (Å²) in [7, 11) is 2.01. The van der Waals surface area contributed by atoms with Gasteiger partial charge in [0.1, 0.15) is 0 Å². The van der Waals surface area contributed by atoms with Crippen molar-refractivity contribution in [2.75, 3.05) is 46.3 Å². The Balaban J connectivity index is 2.06. The van der Waals surface area contributed by atoms with Gasteiger partial charge >= 0.3 is 5.97 Å². The molecule has 2 aliphatic heterocycles. The monoisotopic (exact) mass is 213 g/mol. The maximum Gasteiger partial charge on any atom is 0.309 e. The van der Waals surface area contributed by atoms with Crippen molar-refractivity contribution in [2.24, 2.45) is 5.92 Å². The van der Waals surface area contributed by atoms with Gasteiger partial charge in [0.2, 0.25) is 0 Å². The van der Waals surface area contributed by atoms with Crippen molar-refractivity contribution in [3.63, 3.8) is 0 Å². The minimum Gasteiger partial charge on any atom is -0.481 e. The average molecular weight is 213 g/mol. The molecule has 15 heavy (non-hydrogen) atoms. The molecular formula is C10H19N3O2. The van der Waals surface area contributed by atoms with E-state index in [4.69, 9.17) is 5.11 Å². The lowest BCUT2D eigenvalue weighted by molar-refractivity contribution is -0.142. The fourth-order valence-electron chi connectivity index (χ4n) is 2.53. The van der Waals surface area contributed by atoms with Crippen LogP contribution in [0.5, 0.6) is 0 Å². The number of likely N-dealkylation sites (N-methyl/N-ethyl adjacent to an activating group) is 1. The highest BCUT2D eigenvalue weighted by Crippen LogP contribution is 2.14. The molecule has 86 valence electrons. The quantitative estimate of drug-likeness (QED) is 0.579. The van der Waals surface area contributed by atoms with Crippen molar-refractivity contribution in [2.45, 2.75) is 6.04 Å². The van der Waals surface area contributed by atoms with Crippen LogP contribution in [0.2, 0.25) is 0 Å². The molecule has 2 heterocycles. The van der Waals surface area contributed by atoms with E-state index in [0.717, 1.165) is 26.2 Å². The van der Waals surface area contributed by atoms with Crippen molar-refractivity contribution in [1.29, 1.82) is 0 Å². The summed E-state index contributed by atoms with van der Waals surface area (Å²) in [4.78, 5) is 15.5. The van der Waals surface area contributed by atoms with E-state index in [0.29, 0.717) is 19.1 Å². The third-order valence-electron chi connectivity index (χ3n) is 3.33. The number of hydrogen-bond acceptors (Lipinski definition) is 4. The Kier molecular flexibility index (Phi) is 3.23. The molecule has 0 aliphatic carbocycles. The second-order valence-corrected chi connectivity index (χ2v) is 4.61. The minimum absolute atomic E-state index is 0.238. The van der Waals surface area contributed by atoms with Gasteiger partial charge in [0.05, 0.1) is 5.92 Å². The lowest BCUT2D eigenvalue weighted by Gasteiger charge is -2.35. The van der Waals surface area contributed by atoms with Crippen LogP contribution in [0.1, 0.15) is 0 Å². The number of carboxylic acids is 1. The van der Waals surface area contributed by atoms with E-state index in [1.54, 1.807) is 0 Å². The third kappa shape index (κ3) is 2.48. The summed E-state index contributed by atoms with van der Waals surface area (Å²) in [5, 5.41) is 12.5. The van der Waals surface area contributed by atoms with Gasteiger partial charge in [-0.1, -0.05) is 0 Å². The number of carboxylic acid groups (broad SMARTS) is 1. The summed E-state index contributed by atoms with van der Waals surface area (Å²) in [6.07, 6.45) is 0. The second kappa shape index (κ2) is 4.47. The highest BCUT2D eigenvalue weighted by molar-refractivity contribution is 5.70. The molecule has 0 aromatic heterocycles. The van der Waals surface area contributed by atoms with Crippen LogP contribution in [0.3, 0.4) is 0 Å². The smallest absolute Gasteiger partial charge is 0.309 e. The zero-order valence-electron chi connectivity index (χ0n) is 9.15. The standard InChI is InChI=1S/C10H19N3O2/c1-12-5-8(10(14)15)6-13-3-2-11-4-9(13)7-12/h8-9,11H,2-7H2,1H3,(H,14,15). The van der Waals surface area contributed by atoms with Gasteiger partial charge in [-0.15, -0.1) is 0 Å². The summed E-state index contributed by atoms with van der Waals surface area (Å²) in [5.41, 5.74) is 0. The van der Waals surface area contributed by atoms with Gasteiger partial charge in [-0.05, 0) is 7.05 Å².